The van der Waals surface area contributed by atoms with E-state index in [1.807, 2.05) is 6.07 Å². The lowest BCUT2D eigenvalue weighted by molar-refractivity contribution is 0.0521. The van der Waals surface area contributed by atoms with E-state index in [-0.39, 0.29) is 12.2 Å². The van der Waals surface area contributed by atoms with E-state index in [0.717, 1.165) is 5.56 Å². The molecular formula is C14H12FNO2. The largest absolute Gasteiger partial charge is 0.462 e. The van der Waals surface area contributed by atoms with E-state index >= 15 is 0 Å². The number of halogens is 1. The van der Waals surface area contributed by atoms with Crippen molar-refractivity contribution in [1.29, 1.82) is 0 Å². The zero-order valence-corrected chi connectivity index (χ0v) is 9.89. The third-order valence-electron chi connectivity index (χ3n) is 2.46. The van der Waals surface area contributed by atoms with Gasteiger partial charge in [-0.3, -0.25) is 4.98 Å². The summed E-state index contributed by atoms with van der Waals surface area (Å²) in [6.07, 6.45) is 3.28. The fourth-order valence-corrected chi connectivity index (χ4v) is 1.60. The quantitative estimate of drug-likeness (QED) is 0.780. The molecule has 0 fully saturated rings. The summed E-state index contributed by atoms with van der Waals surface area (Å²) in [6, 6.07) is 8.00. The minimum Gasteiger partial charge on any atom is -0.462 e. The number of hydrogen-bond acceptors (Lipinski definition) is 3. The van der Waals surface area contributed by atoms with E-state index in [1.165, 1.54) is 12.1 Å². The molecule has 1 heterocycles. The van der Waals surface area contributed by atoms with Crippen LogP contribution in [0.3, 0.4) is 0 Å². The lowest BCUT2D eigenvalue weighted by Crippen LogP contribution is -2.07. The molecule has 0 N–H and O–H groups in total. The highest BCUT2D eigenvalue weighted by molar-refractivity contribution is 5.90. The first-order chi connectivity index (χ1) is 8.72. The molecule has 0 atom stereocenters. The van der Waals surface area contributed by atoms with Crippen LogP contribution in [0.4, 0.5) is 4.39 Å². The number of rotatable bonds is 3. The molecule has 0 saturated carbocycles. The molecule has 0 amide bonds. The van der Waals surface area contributed by atoms with Crippen LogP contribution in [0.15, 0.2) is 42.7 Å². The van der Waals surface area contributed by atoms with Crippen LogP contribution in [0, 0.1) is 5.82 Å². The molecular weight excluding hydrogens is 233 g/mol. The summed E-state index contributed by atoms with van der Waals surface area (Å²) in [4.78, 5) is 15.4. The number of aromatic nitrogens is 1. The van der Waals surface area contributed by atoms with Crippen molar-refractivity contribution in [2.75, 3.05) is 6.61 Å². The monoisotopic (exact) mass is 245 g/mol. The van der Waals surface area contributed by atoms with E-state index in [9.17, 15) is 9.18 Å². The molecule has 1 aromatic carbocycles. The van der Waals surface area contributed by atoms with Crippen LogP contribution in [0.1, 0.15) is 17.3 Å². The Kier molecular flexibility index (Phi) is 3.67. The molecule has 0 aliphatic heterocycles. The second-order valence-corrected chi connectivity index (χ2v) is 3.66. The summed E-state index contributed by atoms with van der Waals surface area (Å²) in [6.45, 7) is 1.91. The maximum absolute atomic E-state index is 13.8. The number of esters is 1. The van der Waals surface area contributed by atoms with Crippen molar-refractivity contribution in [3.05, 3.63) is 54.1 Å². The lowest BCUT2D eigenvalue weighted by Gasteiger charge is -2.05. The van der Waals surface area contributed by atoms with Crippen LogP contribution in [0.25, 0.3) is 11.1 Å². The number of benzene rings is 1. The number of ether oxygens (including phenoxy) is 1. The summed E-state index contributed by atoms with van der Waals surface area (Å²) >= 11 is 0. The van der Waals surface area contributed by atoms with Crippen LogP contribution in [-0.2, 0) is 4.74 Å². The first-order valence-corrected chi connectivity index (χ1v) is 5.59. The van der Waals surface area contributed by atoms with Crippen molar-refractivity contribution in [1.82, 2.24) is 4.98 Å². The fraction of sp³-hybridized carbons (Fsp3) is 0.143. The zero-order valence-electron chi connectivity index (χ0n) is 9.89. The number of carbonyl (C=O) groups is 1. The molecule has 0 unspecified atom stereocenters. The third kappa shape index (κ3) is 2.53. The molecule has 0 radical (unpaired) electrons. The Labute approximate surface area is 104 Å². The minimum absolute atomic E-state index is 0.0514. The number of nitrogens with zero attached hydrogens (tertiary/aromatic N) is 1. The van der Waals surface area contributed by atoms with Crippen LogP contribution in [-0.4, -0.2) is 17.6 Å². The van der Waals surface area contributed by atoms with Crippen LogP contribution in [0.2, 0.25) is 0 Å². The molecule has 0 bridgehead atoms. The standard InChI is InChI=1S/C14H12FNO2/c1-2-18-14(17)12-6-5-10(8-13(12)15)11-4-3-7-16-9-11/h3-9H,2H2,1H3. The van der Waals surface area contributed by atoms with Crippen molar-refractivity contribution in [2.45, 2.75) is 6.92 Å². The second kappa shape index (κ2) is 5.40. The van der Waals surface area contributed by atoms with E-state index in [1.54, 1.807) is 31.5 Å². The highest BCUT2D eigenvalue weighted by Crippen LogP contribution is 2.21. The molecule has 92 valence electrons. The van der Waals surface area contributed by atoms with Gasteiger partial charge in [-0.2, -0.15) is 0 Å². The van der Waals surface area contributed by atoms with Gasteiger partial charge in [-0.25, -0.2) is 9.18 Å². The predicted molar refractivity (Wildman–Crippen MR) is 65.6 cm³/mol. The Morgan fingerprint density at radius 1 is 1.33 bits per heavy atom. The van der Waals surface area contributed by atoms with E-state index in [2.05, 4.69) is 4.98 Å². The number of hydrogen-bond donors (Lipinski definition) is 0. The summed E-state index contributed by atoms with van der Waals surface area (Å²) in [5, 5.41) is 0. The topological polar surface area (TPSA) is 39.2 Å². The Balaban J connectivity index is 2.34. The molecule has 3 nitrogen and oxygen atoms in total. The minimum atomic E-state index is -0.646. The van der Waals surface area contributed by atoms with Gasteiger partial charge in [0.1, 0.15) is 5.82 Å². The van der Waals surface area contributed by atoms with Gasteiger partial charge in [0.15, 0.2) is 0 Å². The fourth-order valence-electron chi connectivity index (χ4n) is 1.60. The molecule has 0 spiro atoms. The Hall–Kier alpha value is -2.23. The molecule has 0 saturated heterocycles. The predicted octanol–water partition coefficient (Wildman–Crippen LogP) is 3.06. The van der Waals surface area contributed by atoms with Crippen molar-refractivity contribution in [2.24, 2.45) is 0 Å². The van der Waals surface area contributed by atoms with E-state index < -0.39 is 11.8 Å². The van der Waals surface area contributed by atoms with Gasteiger partial charge in [-0.05, 0) is 30.7 Å². The van der Waals surface area contributed by atoms with Crippen LogP contribution >= 0.6 is 0 Å². The molecule has 2 aromatic rings. The van der Waals surface area contributed by atoms with Crippen LogP contribution < -0.4 is 0 Å². The molecule has 1 aromatic heterocycles. The number of carbonyl (C=O) groups excluding carboxylic acids is 1. The molecule has 2 rings (SSSR count). The van der Waals surface area contributed by atoms with Gasteiger partial charge >= 0.3 is 5.97 Å². The van der Waals surface area contributed by atoms with Gasteiger partial charge in [0.25, 0.3) is 0 Å². The van der Waals surface area contributed by atoms with Crippen molar-refractivity contribution in [3.8, 4) is 11.1 Å². The Bertz CT molecular complexity index is 555. The summed E-state index contributed by atoms with van der Waals surface area (Å²) < 4.78 is 18.6. The average Bonchev–Trinajstić information content (AvgIpc) is 2.40. The Morgan fingerprint density at radius 3 is 2.78 bits per heavy atom. The van der Waals surface area contributed by atoms with Gasteiger partial charge in [-0.15, -0.1) is 0 Å². The maximum atomic E-state index is 13.8. The molecule has 0 aliphatic rings. The molecule has 4 heteroatoms. The van der Waals surface area contributed by atoms with Gasteiger partial charge in [0.2, 0.25) is 0 Å². The second-order valence-electron chi connectivity index (χ2n) is 3.66. The summed E-state index contributed by atoms with van der Waals surface area (Å²) in [7, 11) is 0. The first kappa shape index (κ1) is 12.2. The van der Waals surface area contributed by atoms with Crippen molar-refractivity contribution in [3.63, 3.8) is 0 Å². The van der Waals surface area contributed by atoms with E-state index in [0.29, 0.717) is 5.56 Å². The number of pyridine rings is 1. The summed E-state index contributed by atoms with van der Waals surface area (Å²) in [5.41, 5.74) is 1.42. The van der Waals surface area contributed by atoms with Gasteiger partial charge in [0, 0.05) is 18.0 Å². The van der Waals surface area contributed by atoms with Gasteiger partial charge < -0.3 is 4.74 Å². The molecule has 18 heavy (non-hydrogen) atoms. The third-order valence-corrected chi connectivity index (χ3v) is 2.46. The van der Waals surface area contributed by atoms with Crippen molar-refractivity contribution >= 4 is 5.97 Å². The normalized spacial score (nSPS) is 10.1. The highest BCUT2D eigenvalue weighted by atomic mass is 19.1. The summed E-state index contributed by atoms with van der Waals surface area (Å²) in [5.74, 6) is -1.23. The van der Waals surface area contributed by atoms with Crippen molar-refractivity contribution < 1.29 is 13.9 Å². The lowest BCUT2D eigenvalue weighted by atomic mass is 10.1. The van der Waals surface area contributed by atoms with Gasteiger partial charge in [0.05, 0.1) is 12.2 Å². The zero-order chi connectivity index (χ0) is 13.0. The average molecular weight is 245 g/mol. The van der Waals surface area contributed by atoms with Gasteiger partial charge in [-0.1, -0.05) is 12.1 Å². The first-order valence-electron chi connectivity index (χ1n) is 5.59. The van der Waals surface area contributed by atoms with E-state index in [4.69, 9.17) is 4.74 Å². The molecule has 0 aliphatic carbocycles. The smallest absolute Gasteiger partial charge is 0.341 e. The Morgan fingerprint density at radius 2 is 2.17 bits per heavy atom. The highest BCUT2D eigenvalue weighted by Gasteiger charge is 2.13. The van der Waals surface area contributed by atoms with Crippen LogP contribution in [0.5, 0.6) is 0 Å². The SMILES string of the molecule is CCOC(=O)c1ccc(-c2cccnc2)cc1F. The maximum Gasteiger partial charge on any atom is 0.341 e.